The highest BCUT2D eigenvalue weighted by molar-refractivity contribution is 14.0. The third kappa shape index (κ3) is 7.70. The monoisotopic (exact) mass is 479 g/mol. The number of nitrogens with one attached hydrogen (secondary N) is 2. The van der Waals surface area contributed by atoms with Gasteiger partial charge in [0.2, 0.25) is 0 Å². The summed E-state index contributed by atoms with van der Waals surface area (Å²) in [6.45, 7) is 18.1. The van der Waals surface area contributed by atoms with Gasteiger partial charge in [-0.1, -0.05) is 6.08 Å². The van der Waals surface area contributed by atoms with Crippen LogP contribution in [0.3, 0.4) is 0 Å². The van der Waals surface area contributed by atoms with E-state index in [9.17, 15) is 0 Å². The molecule has 2 fully saturated rings. The summed E-state index contributed by atoms with van der Waals surface area (Å²) >= 11 is 0. The van der Waals surface area contributed by atoms with Gasteiger partial charge in [-0.3, -0.25) is 14.8 Å². The third-order valence-corrected chi connectivity index (χ3v) is 5.16. The molecule has 152 valence electrons. The predicted molar refractivity (Wildman–Crippen MR) is 121 cm³/mol. The minimum absolute atomic E-state index is 0. The van der Waals surface area contributed by atoms with Crippen LogP contribution < -0.4 is 10.6 Å². The average molecular weight is 479 g/mol. The van der Waals surface area contributed by atoms with E-state index in [0.29, 0.717) is 18.1 Å². The van der Waals surface area contributed by atoms with Crippen LogP contribution in [0.1, 0.15) is 33.6 Å². The molecule has 0 aromatic heterocycles. The minimum atomic E-state index is 0. The molecule has 2 aliphatic heterocycles. The Labute approximate surface area is 176 Å². The molecule has 0 bridgehead atoms. The first-order chi connectivity index (χ1) is 12.1. The lowest BCUT2D eigenvalue weighted by atomic mass is 10.1. The Morgan fingerprint density at radius 1 is 1.35 bits per heavy atom. The van der Waals surface area contributed by atoms with Gasteiger partial charge in [-0.2, -0.15) is 0 Å². The van der Waals surface area contributed by atoms with Crippen molar-refractivity contribution in [3.05, 3.63) is 12.7 Å². The van der Waals surface area contributed by atoms with Gasteiger partial charge >= 0.3 is 0 Å². The van der Waals surface area contributed by atoms with Crippen molar-refractivity contribution >= 4 is 29.9 Å². The zero-order chi connectivity index (χ0) is 18.1. The van der Waals surface area contributed by atoms with Crippen molar-refractivity contribution in [3.8, 4) is 0 Å². The maximum Gasteiger partial charge on any atom is 0.191 e. The van der Waals surface area contributed by atoms with Gasteiger partial charge in [0.15, 0.2) is 5.96 Å². The molecule has 2 heterocycles. The molecule has 0 amide bonds. The van der Waals surface area contributed by atoms with Crippen LogP contribution in [0.25, 0.3) is 0 Å². The maximum atomic E-state index is 5.54. The highest BCUT2D eigenvalue weighted by Crippen LogP contribution is 2.12. The fourth-order valence-corrected chi connectivity index (χ4v) is 3.68. The normalized spacial score (nSPS) is 24.6. The Bertz CT molecular complexity index is 426. The second-order valence-corrected chi connectivity index (χ2v) is 7.24. The van der Waals surface area contributed by atoms with Crippen molar-refractivity contribution in [2.45, 2.75) is 51.7 Å². The Hall–Kier alpha value is -0.380. The van der Waals surface area contributed by atoms with Crippen LogP contribution in [0, 0.1) is 0 Å². The molecule has 2 unspecified atom stereocenters. The number of aliphatic imine (C=N–C) groups is 1. The molecule has 0 saturated carbocycles. The maximum absolute atomic E-state index is 5.54. The van der Waals surface area contributed by atoms with E-state index >= 15 is 0 Å². The van der Waals surface area contributed by atoms with Crippen LogP contribution in [0.2, 0.25) is 0 Å². The molecule has 0 aromatic carbocycles. The van der Waals surface area contributed by atoms with E-state index in [1.165, 1.54) is 0 Å². The molecule has 0 aliphatic carbocycles. The first-order valence-electron chi connectivity index (χ1n) is 9.85. The van der Waals surface area contributed by atoms with Gasteiger partial charge in [0.1, 0.15) is 0 Å². The Kier molecular flexibility index (Phi) is 11.7. The van der Waals surface area contributed by atoms with Crippen LogP contribution in [0.15, 0.2) is 17.6 Å². The van der Waals surface area contributed by atoms with Crippen molar-refractivity contribution in [3.63, 3.8) is 0 Å². The molecule has 2 aliphatic rings. The van der Waals surface area contributed by atoms with Crippen LogP contribution >= 0.6 is 24.0 Å². The largest absolute Gasteiger partial charge is 0.379 e. The first-order valence-corrected chi connectivity index (χ1v) is 9.85. The number of halogens is 1. The Balaban J connectivity index is 0.00000338. The van der Waals surface area contributed by atoms with Crippen molar-refractivity contribution in [1.29, 1.82) is 0 Å². The summed E-state index contributed by atoms with van der Waals surface area (Å²) in [5, 5.41) is 7.03. The molecule has 6 nitrogen and oxygen atoms in total. The summed E-state index contributed by atoms with van der Waals surface area (Å²) in [6, 6.07) is 1.42. The zero-order valence-corrected chi connectivity index (χ0v) is 19.1. The summed E-state index contributed by atoms with van der Waals surface area (Å²) in [6.07, 6.45) is 4.32. The van der Waals surface area contributed by atoms with Crippen LogP contribution in [0.4, 0.5) is 0 Å². The summed E-state index contributed by atoms with van der Waals surface area (Å²) in [5.74, 6) is 0.956. The molecular weight excluding hydrogens is 441 g/mol. The lowest BCUT2D eigenvalue weighted by molar-refractivity contribution is -0.0165. The smallest absolute Gasteiger partial charge is 0.191 e. The van der Waals surface area contributed by atoms with E-state index in [1.807, 2.05) is 6.08 Å². The van der Waals surface area contributed by atoms with Crippen molar-refractivity contribution in [2.24, 2.45) is 4.99 Å². The average Bonchev–Trinajstić information content (AvgIpc) is 2.62. The predicted octanol–water partition coefficient (Wildman–Crippen LogP) is 1.92. The zero-order valence-electron chi connectivity index (χ0n) is 16.7. The summed E-state index contributed by atoms with van der Waals surface area (Å²) in [5.41, 5.74) is 0. The molecule has 0 aromatic rings. The summed E-state index contributed by atoms with van der Waals surface area (Å²) in [7, 11) is 0. The van der Waals surface area contributed by atoms with Crippen LogP contribution in [-0.4, -0.2) is 86.4 Å². The number of rotatable bonds is 7. The number of nitrogens with zero attached hydrogens (tertiary/aromatic N) is 3. The quantitative estimate of drug-likeness (QED) is 0.253. The topological polar surface area (TPSA) is 52.1 Å². The number of ether oxygens (including phenoxy) is 1. The number of piperidine rings is 1. The van der Waals surface area contributed by atoms with Gasteiger partial charge in [0.05, 0.1) is 19.8 Å². The number of hydrogen-bond acceptors (Lipinski definition) is 4. The molecule has 0 spiro atoms. The Morgan fingerprint density at radius 3 is 2.69 bits per heavy atom. The van der Waals surface area contributed by atoms with Gasteiger partial charge in [-0.05, 0) is 33.6 Å². The van der Waals surface area contributed by atoms with Crippen molar-refractivity contribution in [2.75, 3.05) is 52.5 Å². The number of guanidine groups is 1. The molecule has 2 atom stereocenters. The van der Waals surface area contributed by atoms with Gasteiger partial charge in [-0.15, -0.1) is 30.6 Å². The van der Waals surface area contributed by atoms with Crippen molar-refractivity contribution in [1.82, 2.24) is 20.4 Å². The molecule has 2 saturated heterocycles. The van der Waals surface area contributed by atoms with E-state index in [4.69, 9.17) is 9.73 Å². The van der Waals surface area contributed by atoms with E-state index in [-0.39, 0.29) is 24.0 Å². The second kappa shape index (κ2) is 12.9. The van der Waals surface area contributed by atoms with Gasteiger partial charge < -0.3 is 15.4 Å². The molecule has 2 N–H and O–H groups in total. The van der Waals surface area contributed by atoms with E-state index in [0.717, 1.165) is 71.3 Å². The van der Waals surface area contributed by atoms with E-state index in [1.54, 1.807) is 0 Å². The van der Waals surface area contributed by atoms with Gasteiger partial charge in [-0.25, -0.2) is 0 Å². The van der Waals surface area contributed by atoms with Gasteiger partial charge in [0, 0.05) is 50.8 Å². The standard InChI is InChI=1S/C19H37N5O.HI/c1-5-9-23-10-7-18(8-11-23)22-19(20-6-2)21-14-16(3)24-12-13-25-15-17(24)4;/h5,16-18H,1,6-15H2,2-4H3,(H2,20,21,22);1H. The molecule has 7 heteroatoms. The fourth-order valence-electron chi connectivity index (χ4n) is 3.68. The SMILES string of the molecule is C=CCN1CCC(NC(=NCC(C)N2CCOCC2C)NCC)CC1.I. The molecule has 26 heavy (non-hydrogen) atoms. The molecular formula is C19H38IN5O. The molecule has 0 radical (unpaired) electrons. The minimum Gasteiger partial charge on any atom is -0.379 e. The fraction of sp³-hybridized carbons (Fsp3) is 0.842. The van der Waals surface area contributed by atoms with Gasteiger partial charge in [0.25, 0.3) is 0 Å². The first kappa shape index (κ1) is 23.7. The number of likely N-dealkylation sites (tertiary alicyclic amines) is 1. The van der Waals surface area contributed by atoms with E-state index in [2.05, 4.69) is 47.8 Å². The van der Waals surface area contributed by atoms with Crippen molar-refractivity contribution < 1.29 is 4.74 Å². The summed E-state index contributed by atoms with van der Waals surface area (Å²) < 4.78 is 5.54. The second-order valence-electron chi connectivity index (χ2n) is 7.24. The summed E-state index contributed by atoms with van der Waals surface area (Å²) in [4.78, 5) is 9.81. The highest BCUT2D eigenvalue weighted by Gasteiger charge is 2.24. The lowest BCUT2D eigenvalue weighted by Crippen LogP contribution is -2.51. The molecule has 2 rings (SSSR count). The van der Waals surface area contributed by atoms with Crippen LogP contribution in [-0.2, 0) is 4.74 Å². The third-order valence-electron chi connectivity index (χ3n) is 5.16. The number of hydrogen-bond donors (Lipinski definition) is 2. The Morgan fingerprint density at radius 2 is 2.08 bits per heavy atom. The number of morpholine rings is 1. The lowest BCUT2D eigenvalue weighted by Gasteiger charge is -2.37. The highest BCUT2D eigenvalue weighted by atomic mass is 127. The van der Waals surface area contributed by atoms with E-state index < -0.39 is 0 Å². The van der Waals surface area contributed by atoms with Crippen LogP contribution in [0.5, 0.6) is 0 Å².